The molecular weight excluding hydrogens is 442 g/mol. The average molecular weight is 468 g/mol. The first-order chi connectivity index (χ1) is 17.0. The predicted molar refractivity (Wildman–Crippen MR) is 131 cm³/mol. The summed E-state index contributed by atoms with van der Waals surface area (Å²) in [4.78, 5) is 35.5. The summed E-state index contributed by atoms with van der Waals surface area (Å²) in [5, 5.41) is 12.2. The second-order valence-electron chi connectivity index (χ2n) is 8.64. The normalized spacial score (nSPS) is 13.9. The van der Waals surface area contributed by atoms with Crippen LogP contribution in [0.2, 0.25) is 0 Å². The van der Waals surface area contributed by atoms with Gasteiger partial charge in [-0.2, -0.15) is 0 Å². The molecule has 0 aliphatic carbocycles. The summed E-state index contributed by atoms with van der Waals surface area (Å²) >= 11 is 0. The quantitative estimate of drug-likeness (QED) is 0.401. The molecule has 9 heteroatoms. The van der Waals surface area contributed by atoms with Gasteiger partial charge in [0.2, 0.25) is 0 Å². The van der Waals surface area contributed by atoms with E-state index in [0.717, 1.165) is 29.1 Å². The number of carboxylic acids is 1. The van der Waals surface area contributed by atoms with Gasteiger partial charge in [-0.15, -0.1) is 0 Å². The summed E-state index contributed by atoms with van der Waals surface area (Å²) in [6.45, 7) is 3.92. The van der Waals surface area contributed by atoms with Gasteiger partial charge in [0.1, 0.15) is 23.2 Å². The highest BCUT2D eigenvalue weighted by Gasteiger charge is 2.32. The third-order valence-corrected chi connectivity index (χ3v) is 5.83. The first-order valence-corrected chi connectivity index (χ1v) is 11.4. The maximum Gasteiger partial charge on any atom is 0.309 e. The number of carbonyl (C=O) groups is 1. The molecule has 0 radical (unpaired) electrons. The Hall–Kier alpha value is -4.24. The van der Waals surface area contributed by atoms with Crippen LogP contribution in [0.5, 0.6) is 0 Å². The fraction of sp³-hybridized carbons (Fsp3) is 0.231. The zero-order chi connectivity index (χ0) is 24.2. The van der Waals surface area contributed by atoms with E-state index in [0.29, 0.717) is 42.8 Å². The van der Waals surface area contributed by atoms with Gasteiger partial charge in [-0.1, -0.05) is 30.3 Å². The Morgan fingerprint density at radius 2 is 1.66 bits per heavy atom. The molecule has 0 bridgehead atoms. The van der Waals surface area contributed by atoms with Gasteiger partial charge in [0.25, 0.3) is 0 Å². The van der Waals surface area contributed by atoms with Crippen molar-refractivity contribution in [3.8, 4) is 11.5 Å². The molecule has 0 unspecified atom stereocenters. The minimum atomic E-state index is -0.711. The zero-order valence-electron chi connectivity index (χ0n) is 19.3. The molecule has 0 atom stereocenters. The Morgan fingerprint density at radius 3 is 2.40 bits per heavy atom. The number of nitrogens with one attached hydrogen (secondary N) is 1. The molecule has 1 saturated heterocycles. The second-order valence-corrected chi connectivity index (χ2v) is 8.64. The van der Waals surface area contributed by atoms with Gasteiger partial charge in [-0.3, -0.25) is 9.69 Å². The van der Waals surface area contributed by atoms with Crippen molar-refractivity contribution in [1.82, 2.24) is 29.8 Å². The van der Waals surface area contributed by atoms with Crippen LogP contribution in [0.15, 0.2) is 67.0 Å². The summed E-state index contributed by atoms with van der Waals surface area (Å²) in [5.41, 5.74) is 3.89. The molecule has 0 spiro atoms. The molecule has 9 nitrogen and oxygen atoms in total. The Labute approximate surface area is 203 Å². The average Bonchev–Trinajstić information content (AvgIpc) is 2.82. The largest absolute Gasteiger partial charge is 0.481 e. The van der Waals surface area contributed by atoms with Gasteiger partial charge < -0.3 is 10.4 Å². The van der Waals surface area contributed by atoms with Crippen molar-refractivity contribution in [1.29, 1.82) is 0 Å². The van der Waals surface area contributed by atoms with E-state index in [9.17, 15) is 4.79 Å². The molecule has 3 aromatic heterocycles. The number of aromatic nitrogens is 5. The lowest BCUT2D eigenvalue weighted by Crippen LogP contribution is -2.49. The molecule has 35 heavy (non-hydrogen) atoms. The van der Waals surface area contributed by atoms with Gasteiger partial charge in [0.15, 0.2) is 5.82 Å². The van der Waals surface area contributed by atoms with Crippen molar-refractivity contribution in [3.63, 3.8) is 0 Å². The van der Waals surface area contributed by atoms with Crippen LogP contribution in [0.25, 0.3) is 11.5 Å². The van der Waals surface area contributed by atoms with Crippen LogP contribution in [0, 0.1) is 12.8 Å². The smallest absolute Gasteiger partial charge is 0.309 e. The molecule has 1 aliphatic heterocycles. The molecule has 0 saturated carbocycles. The van der Waals surface area contributed by atoms with E-state index in [1.165, 1.54) is 0 Å². The van der Waals surface area contributed by atoms with E-state index in [1.54, 1.807) is 24.5 Å². The Balaban J connectivity index is 1.21. The van der Waals surface area contributed by atoms with Crippen LogP contribution in [0.3, 0.4) is 0 Å². The summed E-state index contributed by atoms with van der Waals surface area (Å²) < 4.78 is 0. The summed E-state index contributed by atoms with van der Waals surface area (Å²) in [6, 6.07) is 17.6. The van der Waals surface area contributed by atoms with E-state index in [-0.39, 0.29) is 5.92 Å². The molecule has 4 heterocycles. The lowest BCUT2D eigenvalue weighted by atomic mass is 9.99. The number of anilines is 2. The van der Waals surface area contributed by atoms with Gasteiger partial charge in [-0.05, 0) is 42.3 Å². The zero-order valence-corrected chi connectivity index (χ0v) is 19.3. The van der Waals surface area contributed by atoms with E-state index >= 15 is 0 Å². The fourth-order valence-electron chi connectivity index (χ4n) is 3.96. The van der Waals surface area contributed by atoms with Gasteiger partial charge >= 0.3 is 5.97 Å². The third kappa shape index (κ3) is 5.64. The van der Waals surface area contributed by atoms with Crippen LogP contribution in [-0.2, 0) is 17.8 Å². The van der Waals surface area contributed by atoms with Crippen LogP contribution in [-0.4, -0.2) is 54.0 Å². The van der Waals surface area contributed by atoms with Gasteiger partial charge in [0, 0.05) is 44.1 Å². The first kappa shape index (κ1) is 22.5. The molecule has 5 rings (SSSR count). The number of benzene rings is 1. The van der Waals surface area contributed by atoms with E-state index < -0.39 is 5.97 Å². The highest BCUT2D eigenvalue weighted by Crippen LogP contribution is 2.20. The Morgan fingerprint density at radius 1 is 0.943 bits per heavy atom. The van der Waals surface area contributed by atoms with Crippen molar-refractivity contribution in [3.05, 3.63) is 89.6 Å². The molecule has 4 aromatic rings. The summed E-state index contributed by atoms with van der Waals surface area (Å²) in [5.74, 6) is 1.58. The summed E-state index contributed by atoms with van der Waals surface area (Å²) in [6.07, 6.45) is 4.02. The minimum Gasteiger partial charge on any atom is -0.481 e. The number of pyridine rings is 1. The second kappa shape index (κ2) is 9.94. The lowest BCUT2D eigenvalue weighted by molar-refractivity contribution is -0.147. The Kier molecular flexibility index (Phi) is 6.40. The lowest BCUT2D eigenvalue weighted by Gasteiger charge is -2.36. The third-order valence-electron chi connectivity index (χ3n) is 5.83. The van der Waals surface area contributed by atoms with Crippen molar-refractivity contribution in [2.24, 2.45) is 5.92 Å². The van der Waals surface area contributed by atoms with E-state index in [2.05, 4.69) is 59.4 Å². The van der Waals surface area contributed by atoms with Crippen molar-refractivity contribution in [2.45, 2.75) is 19.9 Å². The molecule has 0 amide bonds. The van der Waals surface area contributed by atoms with Crippen LogP contribution in [0.4, 0.5) is 11.6 Å². The van der Waals surface area contributed by atoms with Crippen LogP contribution in [0.1, 0.15) is 22.6 Å². The SMILES string of the molecule is Cc1cccc(-c2nccc(Nc3ccnc(Cc4ccc(CN5CC(C(=O)O)C5)cc4)n3)n2)n1. The van der Waals surface area contributed by atoms with E-state index in [4.69, 9.17) is 5.11 Å². The number of hydrogen-bond acceptors (Lipinski definition) is 8. The number of aryl methyl sites for hydroxylation is 1. The highest BCUT2D eigenvalue weighted by molar-refractivity contribution is 5.71. The number of hydrogen-bond donors (Lipinski definition) is 2. The monoisotopic (exact) mass is 467 g/mol. The molecule has 176 valence electrons. The van der Waals surface area contributed by atoms with Gasteiger partial charge in [0.05, 0.1) is 5.92 Å². The number of rotatable bonds is 8. The summed E-state index contributed by atoms with van der Waals surface area (Å²) in [7, 11) is 0. The van der Waals surface area contributed by atoms with Crippen LogP contribution >= 0.6 is 0 Å². The molecule has 1 fully saturated rings. The van der Waals surface area contributed by atoms with Crippen molar-refractivity contribution >= 4 is 17.6 Å². The van der Waals surface area contributed by atoms with Gasteiger partial charge in [-0.25, -0.2) is 24.9 Å². The van der Waals surface area contributed by atoms with Crippen molar-refractivity contribution < 1.29 is 9.90 Å². The minimum absolute atomic E-state index is 0.236. The number of aliphatic carboxylic acids is 1. The Bertz CT molecular complexity index is 1340. The first-order valence-electron chi connectivity index (χ1n) is 11.4. The molecule has 1 aromatic carbocycles. The highest BCUT2D eigenvalue weighted by atomic mass is 16.4. The molecular formula is C26H25N7O2. The molecule has 2 N–H and O–H groups in total. The van der Waals surface area contributed by atoms with E-state index in [1.807, 2.05) is 25.1 Å². The number of nitrogens with zero attached hydrogens (tertiary/aromatic N) is 6. The van der Waals surface area contributed by atoms with Crippen molar-refractivity contribution in [2.75, 3.05) is 18.4 Å². The standard InChI is InChI=1S/C26H25N7O2/c1-17-3-2-4-21(29-17)25-28-12-10-23(32-25)30-22-9-11-27-24(31-22)13-18-5-7-19(8-6-18)14-33-15-20(16-33)26(34)35/h2-12,20H,13-16H2,1H3,(H,34,35)(H,27,28,30,31,32). The maximum absolute atomic E-state index is 11.0. The number of likely N-dealkylation sites (tertiary alicyclic amines) is 1. The number of carboxylic acid groups (broad SMARTS) is 1. The fourth-order valence-corrected chi connectivity index (χ4v) is 3.96. The maximum atomic E-state index is 11.0. The molecule has 1 aliphatic rings. The predicted octanol–water partition coefficient (Wildman–Crippen LogP) is 3.49. The van der Waals surface area contributed by atoms with Crippen LogP contribution < -0.4 is 5.32 Å². The topological polar surface area (TPSA) is 117 Å².